The van der Waals surface area contributed by atoms with E-state index in [0.717, 1.165) is 0 Å². The predicted molar refractivity (Wildman–Crippen MR) is 59.0 cm³/mol. The van der Waals surface area contributed by atoms with Crippen LogP contribution in [0.25, 0.3) is 0 Å². The number of amides is 2. The van der Waals surface area contributed by atoms with Crippen LogP contribution in [0.4, 0.5) is 10.5 Å². The van der Waals surface area contributed by atoms with Gasteiger partial charge in [-0.2, -0.15) is 8.42 Å². The maximum Gasteiger partial charge on any atom is 0.319 e. The van der Waals surface area contributed by atoms with E-state index >= 15 is 0 Å². The third-order valence-corrected chi connectivity index (χ3v) is 2.62. The fraction of sp³-hybridized carbons (Fsp3) is 0.222. The summed E-state index contributed by atoms with van der Waals surface area (Å²) in [5.41, 5.74) is 0.443. The first kappa shape index (κ1) is 12.5. The summed E-state index contributed by atoms with van der Waals surface area (Å²) in [6.45, 7) is 2.27. The average molecular weight is 244 g/mol. The highest BCUT2D eigenvalue weighted by Gasteiger charge is 2.08. The number of benzene rings is 1. The monoisotopic (exact) mass is 244 g/mol. The van der Waals surface area contributed by atoms with Gasteiger partial charge in [0.05, 0.1) is 4.90 Å². The molecule has 0 saturated carbocycles. The minimum absolute atomic E-state index is 0.214. The number of nitrogens with one attached hydrogen (secondary N) is 2. The van der Waals surface area contributed by atoms with E-state index in [0.29, 0.717) is 12.2 Å². The Kier molecular flexibility index (Phi) is 3.86. The molecule has 2 amide bonds. The first-order valence-corrected chi connectivity index (χ1v) is 6.00. The van der Waals surface area contributed by atoms with Gasteiger partial charge in [0, 0.05) is 12.2 Å². The molecule has 0 aliphatic rings. The van der Waals surface area contributed by atoms with Crippen LogP contribution in [0.15, 0.2) is 29.2 Å². The molecule has 1 rings (SSSR count). The summed E-state index contributed by atoms with van der Waals surface area (Å²) in [6, 6.07) is 4.81. The Labute approximate surface area is 93.4 Å². The average Bonchev–Trinajstić information content (AvgIpc) is 2.17. The van der Waals surface area contributed by atoms with Crippen molar-refractivity contribution in [1.29, 1.82) is 0 Å². The van der Waals surface area contributed by atoms with Gasteiger partial charge in [-0.05, 0) is 31.2 Å². The van der Waals surface area contributed by atoms with E-state index < -0.39 is 10.1 Å². The fourth-order valence-electron chi connectivity index (χ4n) is 1.05. The van der Waals surface area contributed by atoms with Crippen LogP contribution < -0.4 is 10.6 Å². The van der Waals surface area contributed by atoms with E-state index in [1.807, 2.05) is 0 Å². The molecule has 0 fully saturated rings. The zero-order chi connectivity index (χ0) is 12.2. The minimum atomic E-state index is -4.19. The van der Waals surface area contributed by atoms with Crippen molar-refractivity contribution < 1.29 is 17.8 Å². The number of urea groups is 1. The normalized spacial score (nSPS) is 10.9. The van der Waals surface area contributed by atoms with Crippen molar-refractivity contribution in [3.05, 3.63) is 24.3 Å². The van der Waals surface area contributed by atoms with Crippen molar-refractivity contribution in [2.45, 2.75) is 11.8 Å². The smallest absolute Gasteiger partial charge is 0.319 e. The molecule has 0 atom stereocenters. The van der Waals surface area contributed by atoms with Gasteiger partial charge in [0.25, 0.3) is 10.1 Å². The topological polar surface area (TPSA) is 95.5 Å². The van der Waals surface area contributed by atoms with Crippen LogP contribution in [0, 0.1) is 0 Å². The third kappa shape index (κ3) is 3.52. The van der Waals surface area contributed by atoms with Crippen molar-refractivity contribution in [3.63, 3.8) is 0 Å². The Morgan fingerprint density at radius 1 is 1.31 bits per heavy atom. The lowest BCUT2D eigenvalue weighted by Gasteiger charge is -2.05. The first-order chi connectivity index (χ1) is 7.43. The van der Waals surface area contributed by atoms with Crippen molar-refractivity contribution >= 4 is 21.8 Å². The zero-order valence-corrected chi connectivity index (χ0v) is 9.41. The van der Waals surface area contributed by atoms with Crippen LogP contribution in [0.2, 0.25) is 0 Å². The van der Waals surface area contributed by atoms with E-state index in [1.54, 1.807) is 6.92 Å². The van der Waals surface area contributed by atoms with Crippen LogP contribution in [0.1, 0.15) is 6.92 Å². The van der Waals surface area contributed by atoms with Crippen LogP contribution in [-0.4, -0.2) is 25.5 Å². The molecule has 1 aromatic carbocycles. The third-order valence-electron chi connectivity index (χ3n) is 1.75. The highest BCUT2D eigenvalue weighted by atomic mass is 32.2. The molecule has 0 radical (unpaired) electrons. The maximum atomic E-state index is 11.1. The molecule has 0 aliphatic carbocycles. The van der Waals surface area contributed by atoms with Gasteiger partial charge in [-0.15, -0.1) is 0 Å². The molecule has 0 aliphatic heterocycles. The molecule has 1 aromatic rings. The highest BCUT2D eigenvalue weighted by Crippen LogP contribution is 2.13. The quantitative estimate of drug-likeness (QED) is 0.693. The first-order valence-electron chi connectivity index (χ1n) is 4.56. The Hall–Kier alpha value is -1.60. The summed E-state index contributed by atoms with van der Waals surface area (Å²) in [4.78, 5) is 10.9. The van der Waals surface area contributed by atoms with Gasteiger partial charge >= 0.3 is 6.03 Å². The zero-order valence-electron chi connectivity index (χ0n) is 8.60. The molecular weight excluding hydrogens is 232 g/mol. The number of anilines is 1. The molecule has 0 saturated heterocycles. The summed E-state index contributed by atoms with van der Waals surface area (Å²) < 4.78 is 30.2. The largest absolute Gasteiger partial charge is 0.338 e. The Bertz CT molecular complexity index is 467. The number of carbonyl (C=O) groups excluding carboxylic acids is 1. The molecule has 0 spiro atoms. The number of carbonyl (C=O) groups is 1. The second-order valence-corrected chi connectivity index (χ2v) is 4.41. The Morgan fingerprint density at radius 3 is 2.31 bits per heavy atom. The lowest BCUT2D eigenvalue weighted by atomic mass is 10.3. The summed E-state index contributed by atoms with van der Waals surface area (Å²) in [6.07, 6.45) is 0. The van der Waals surface area contributed by atoms with Gasteiger partial charge in [-0.1, -0.05) is 0 Å². The molecular formula is C9H12N2O4S. The van der Waals surface area contributed by atoms with E-state index in [4.69, 9.17) is 4.55 Å². The maximum absolute atomic E-state index is 11.1. The Morgan fingerprint density at radius 2 is 1.88 bits per heavy atom. The van der Waals surface area contributed by atoms with Crippen LogP contribution in [0.3, 0.4) is 0 Å². The van der Waals surface area contributed by atoms with Crippen molar-refractivity contribution in [3.8, 4) is 0 Å². The van der Waals surface area contributed by atoms with Gasteiger partial charge < -0.3 is 10.6 Å². The van der Waals surface area contributed by atoms with Crippen molar-refractivity contribution in [2.75, 3.05) is 11.9 Å². The van der Waals surface area contributed by atoms with E-state index in [9.17, 15) is 13.2 Å². The molecule has 3 N–H and O–H groups in total. The van der Waals surface area contributed by atoms with Crippen molar-refractivity contribution in [2.24, 2.45) is 0 Å². The molecule has 6 nitrogen and oxygen atoms in total. The van der Waals surface area contributed by atoms with Crippen LogP contribution >= 0.6 is 0 Å². The second kappa shape index (κ2) is 4.95. The van der Waals surface area contributed by atoms with Crippen LogP contribution in [0.5, 0.6) is 0 Å². The fourth-order valence-corrected chi connectivity index (χ4v) is 1.53. The predicted octanol–water partition coefficient (Wildman–Crippen LogP) is 1.07. The van der Waals surface area contributed by atoms with E-state index in [1.165, 1.54) is 24.3 Å². The van der Waals surface area contributed by atoms with Gasteiger partial charge in [-0.3, -0.25) is 4.55 Å². The lowest BCUT2D eigenvalue weighted by Crippen LogP contribution is -2.28. The standard InChI is InChI=1S/C9H12N2O4S/c1-2-10-9(12)11-7-3-5-8(6-4-7)16(13,14)15/h3-6H,2H2,1H3,(H2,10,11,12)(H,13,14,15). The molecule has 16 heavy (non-hydrogen) atoms. The number of hydrogen-bond acceptors (Lipinski definition) is 3. The van der Waals surface area contributed by atoms with Gasteiger partial charge in [0.15, 0.2) is 0 Å². The SMILES string of the molecule is CCNC(=O)Nc1ccc(S(=O)(=O)O)cc1. The van der Waals surface area contributed by atoms with Gasteiger partial charge in [0.1, 0.15) is 0 Å². The summed E-state index contributed by atoms with van der Waals surface area (Å²) in [5.74, 6) is 0. The summed E-state index contributed by atoms with van der Waals surface area (Å²) in [5, 5.41) is 5.02. The molecule has 0 unspecified atom stereocenters. The molecule has 0 aromatic heterocycles. The summed E-state index contributed by atoms with van der Waals surface area (Å²) in [7, 11) is -4.19. The highest BCUT2D eigenvalue weighted by molar-refractivity contribution is 7.85. The molecule has 0 bridgehead atoms. The summed E-state index contributed by atoms with van der Waals surface area (Å²) >= 11 is 0. The van der Waals surface area contributed by atoms with Gasteiger partial charge in [0.2, 0.25) is 0 Å². The number of hydrogen-bond donors (Lipinski definition) is 3. The Balaban J connectivity index is 2.76. The lowest BCUT2D eigenvalue weighted by molar-refractivity contribution is 0.252. The molecule has 0 heterocycles. The molecule has 7 heteroatoms. The molecule has 88 valence electrons. The second-order valence-electron chi connectivity index (χ2n) is 2.98. The number of rotatable bonds is 3. The van der Waals surface area contributed by atoms with Crippen molar-refractivity contribution in [1.82, 2.24) is 5.32 Å². The minimum Gasteiger partial charge on any atom is -0.338 e. The van der Waals surface area contributed by atoms with Gasteiger partial charge in [-0.25, -0.2) is 4.79 Å². The van der Waals surface area contributed by atoms with Crippen LogP contribution in [-0.2, 0) is 10.1 Å². The van der Waals surface area contributed by atoms with E-state index in [-0.39, 0.29) is 10.9 Å². The van der Waals surface area contributed by atoms with E-state index in [2.05, 4.69) is 10.6 Å².